The van der Waals surface area contributed by atoms with Gasteiger partial charge >= 0.3 is 0 Å². The third-order valence-electron chi connectivity index (χ3n) is 3.46. The van der Waals surface area contributed by atoms with E-state index in [1.807, 2.05) is 32.2 Å². The Bertz CT molecular complexity index is 667. The fourth-order valence-electron chi connectivity index (χ4n) is 2.11. The Balaban J connectivity index is 2.22. The molecule has 0 aliphatic rings. The molecule has 0 aliphatic heterocycles. The van der Waals surface area contributed by atoms with Crippen molar-refractivity contribution in [2.45, 2.75) is 13.5 Å². The summed E-state index contributed by atoms with van der Waals surface area (Å²) in [4.78, 5) is 14.1. The van der Waals surface area contributed by atoms with Crippen LogP contribution in [0.2, 0.25) is 0 Å². The highest BCUT2D eigenvalue weighted by atomic mass is 79.9. The number of aryl methyl sites for hydroxylation is 1. The van der Waals surface area contributed by atoms with Crippen molar-refractivity contribution >= 4 is 21.8 Å². The highest BCUT2D eigenvalue weighted by molar-refractivity contribution is 9.10. The lowest BCUT2D eigenvalue weighted by molar-refractivity contribution is 0.0783. The second-order valence-corrected chi connectivity index (χ2v) is 5.80. The number of ether oxygens (including phenoxy) is 1. The summed E-state index contributed by atoms with van der Waals surface area (Å²) in [6.07, 6.45) is 1.60. The molecule has 0 saturated heterocycles. The highest BCUT2D eigenvalue weighted by Gasteiger charge is 2.18. The molecule has 0 unspecified atom stereocenters. The average Bonchev–Trinajstić information content (AvgIpc) is 2.78. The molecule has 1 aromatic carbocycles. The van der Waals surface area contributed by atoms with Crippen LogP contribution in [-0.4, -0.2) is 34.7 Å². The maximum atomic E-state index is 12.5. The Morgan fingerprint density at radius 3 is 2.76 bits per heavy atom. The third-order valence-corrected chi connectivity index (χ3v) is 3.96. The first-order valence-electron chi connectivity index (χ1n) is 6.50. The number of rotatable bonds is 4. The Kier molecular flexibility index (Phi) is 4.67. The van der Waals surface area contributed by atoms with Gasteiger partial charge in [-0.25, -0.2) is 0 Å². The Hall–Kier alpha value is -1.82. The second kappa shape index (κ2) is 6.30. The van der Waals surface area contributed by atoms with Crippen molar-refractivity contribution in [3.63, 3.8) is 0 Å². The van der Waals surface area contributed by atoms with Gasteiger partial charge in [0, 0.05) is 36.4 Å². The number of halogens is 1. The number of hydrogen-bond acceptors (Lipinski definition) is 3. The van der Waals surface area contributed by atoms with Gasteiger partial charge in [-0.2, -0.15) is 5.10 Å². The molecule has 2 rings (SSSR count). The van der Waals surface area contributed by atoms with Gasteiger partial charge in [-0.15, -0.1) is 0 Å². The molecule has 0 atom stereocenters. The monoisotopic (exact) mass is 351 g/mol. The van der Waals surface area contributed by atoms with Gasteiger partial charge in [0.1, 0.15) is 5.75 Å². The van der Waals surface area contributed by atoms with E-state index in [0.29, 0.717) is 12.1 Å². The standard InChI is InChI=1S/C15H18BrN3O2/c1-10-13(8-17-19(10)3)15(20)18(2)9-11-7-12(16)5-6-14(11)21-4/h5-8H,9H2,1-4H3. The molecule has 0 aliphatic carbocycles. The van der Waals surface area contributed by atoms with E-state index in [4.69, 9.17) is 4.74 Å². The summed E-state index contributed by atoms with van der Waals surface area (Å²) in [5, 5.41) is 4.11. The van der Waals surface area contributed by atoms with Crippen LogP contribution >= 0.6 is 15.9 Å². The van der Waals surface area contributed by atoms with Gasteiger partial charge in [0.2, 0.25) is 0 Å². The van der Waals surface area contributed by atoms with E-state index >= 15 is 0 Å². The summed E-state index contributed by atoms with van der Waals surface area (Å²) in [7, 11) is 5.22. The maximum absolute atomic E-state index is 12.5. The molecule has 1 heterocycles. The van der Waals surface area contributed by atoms with Crippen molar-refractivity contribution in [1.82, 2.24) is 14.7 Å². The van der Waals surface area contributed by atoms with Crippen molar-refractivity contribution < 1.29 is 9.53 Å². The summed E-state index contributed by atoms with van der Waals surface area (Å²) in [6, 6.07) is 5.75. The lowest BCUT2D eigenvalue weighted by atomic mass is 10.1. The lowest BCUT2D eigenvalue weighted by Gasteiger charge is -2.19. The molecule has 1 aromatic heterocycles. The van der Waals surface area contributed by atoms with Crippen LogP contribution in [0.15, 0.2) is 28.9 Å². The molecule has 0 bridgehead atoms. The number of carbonyl (C=O) groups excluding carboxylic acids is 1. The molecule has 0 radical (unpaired) electrons. The SMILES string of the molecule is COc1ccc(Br)cc1CN(C)C(=O)c1cnn(C)c1C. The highest BCUT2D eigenvalue weighted by Crippen LogP contribution is 2.24. The van der Waals surface area contributed by atoms with Crippen LogP contribution in [0.3, 0.4) is 0 Å². The first-order chi connectivity index (χ1) is 9.93. The van der Waals surface area contributed by atoms with Gasteiger partial charge < -0.3 is 9.64 Å². The van der Waals surface area contributed by atoms with E-state index in [1.54, 1.807) is 29.9 Å². The van der Waals surface area contributed by atoms with Gasteiger partial charge in [-0.1, -0.05) is 15.9 Å². The van der Waals surface area contributed by atoms with E-state index in [2.05, 4.69) is 21.0 Å². The van der Waals surface area contributed by atoms with E-state index in [0.717, 1.165) is 21.5 Å². The third kappa shape index (κ3) is 3.26. The molecular formula is C15H18BrN3O2. The molecule has 0 spiro atoms. The minimum atomic E-state index is -0.0531. The molecule has 0 N–H and O–H groups in total. The summed E-state index contributed by atoms with van der Waals surface area (Å²) in [5.74, 6) is 0.711. The summed E-state index contributed by atoms with van der Waals surface area (Å²) in [5.41, 5.74) is 2.42. The fraction of sp³-hybridized carbons (Fsp3) is 0.333. The topological polar surface area (TPSA) is 47.4 Å². The normalized spacial score (nSPS) is 10.5. The largest absolute Gasteiger partial charge is 0.496 e. The van der Waals surface area contributed by atoms with Gasteiger partial charge in [0.25, 0.3) is 5.91 Å². The number of benzene rings is 1. The zero-order valence-corrected chi connectivity index (χ0v) is 14.1. The summed E-state index contributed by atoms with van der Waals surface area (Å²) >= 11 is 3.44. The van der Waals surface area contributed by atoms with E-state index in [1.165, 1.54) is 0 Å². The fourth-order valence-corrected chi connectivity index (χ4v) is 2.52. The van der Waals surface area contributed by atoms with Crippen LogP contribution in [0.1, 0.15) is 21.6 Å². The lowest BCUT2D eigenvalue weighted by Crippen LogP contribution is -2.26. The second-order valence-electron chi connectivity index (χ2n) is 4.88. The first kappa shape index (κ1) is 15.6. The Morgan fingerprint density at radius 1 is 1.48 bits per heavy atom. The first-order valence-corrected chi connectivity index (χ1v) is 7.29. The zero-order chi connectivity index (χ0) is 15.6. The average molecular weight is 352 g/mol. The van der Waals surface area contributed by atoms with Crippen molar-refractivity contribution in [3.8, 4) is 5.75 Å². The molecule has 1 amide bonds. The van der Waals surface area contributed by atoms with Crippen LogP contribution in [0.4, 0.5) is 0 Å². The van der Waals surface area contributed by atoms with Crippen molar-refractivity contribution in [1.29, 1.82) is 0 Å². The van der Waals surface area contributed by atoms with E-state index < -0.39 is 0 Å². The molecule has 0 saturated carbocycles. The number of hydrogen-bond donors (Lipinski definition) is 0. The maximum Gasteiger partial charge on any atom is 0.257 e. The molecule has 21 heavy (non-hydrogen) atoms. The Morgan fingerprint density at radius 2 is 2.19 bits per heavy atom. The van der Waals surface area contributed by atoms with Crippen molar-refractivity contribution in [3.05, 3.63) is 45.7 Å². The number of aromatic nitrogens is 2. The molecule has 2 aromatic rings. The predicted molar refractivity (Wildman–Crippen MR) is 84.4 cm³/mol. The van der Waals surface area contributed by atoms with Crippen LogP contribution in [0.25, 0.3) is 0 Å². The molecule has 0 fully saturated rings. The van der Waals surface area contributed by atoms with Gasteiger partial charge in [0.15, 0.2) is 0 Å². The zero-order valence-electron chi connectivity index (χ0n) is 12.6. The van der Waals surface area contributed by atoms with Gasteiger partial charge in [0.05, 0.1) is 18.9 Å². The van der Waals surface area contributed by atoms with Crippen LogP contribution < -0.4 is 4.74 Å². The quantitative estimate of drug-likeness (QED) is 0.850. The molecule has 6 heteroatoms. The van der Waals surface area contributed by atoms with Crippen molar-refractivity contribution in [2.24, 2.45) is 7.05 Å². The Labute approximate surface area is 132 Å². The molecule has 112 valence electrons. The predicted octanol–water partition coefficient (Wildman–Crippen LogP) is 2.77. The molecule has 5 nitrogen and oxygen atoms in total. The van der Waals surface area contributed by atoms with Gasteiger partial charge in [-0.05, 0) is 25.1 Å². The smallest absolute Gasteiger partial charge is 0.257 e. The number of methoxy groups -OCH3 is 1. The summed E-state index contributed by atoms with van der Waals surface area (Å²) < 4.78 is 7.99. The summed E-state index contributed by atoms with van der Waals surface area (Å²) in [6.45, 7) is 2.35. The minimum absolute atomic E-state index is 0.0531. The van der Waals surface area contributed by atoms with E-state index in [9.17, 15) is 4.79 Å². The van der Waals surface area contributed by atoms with Crippen LogP contribution in [-0.2, 0) is 13.6 Å². The van der Waals surface area contributed by atoms with E-state index in [-0.39, 0.29) is 5.91 Å². The van der Waals surface area contributed by atoms with Crippen LogP contribution in [0.5, 0.6) is 5.75 Å². The minimum Gasteiger partial charge on any atom is -0.496 e. The molecular weight excluding hydrogens is 334 g/mol. The van der Waals surface area contributed by atoms with Gasteiger partial charge in [-0.3, -0.25) is 9.48 Å². The number of amides is 1. The number of carbonyl (C=O) groups is 1. The van der Waals surface area contributed by atoms with Crippen molar-refractivity contribution in [2.75, 3.05) is 14.2 Å². The van der Waals surface area contributed by atoms with Crippen LogP contribution in [0, 0.1) is 6.92 Å². The number of nitrogens with zero attached hydrogens (tertiary/aromatic N) is 3.